The van der Waals surface area contributed by atoms with Crippen LogP contribution in [0.2, 0.25) is 0 Å². The number of benzene rings is 1. The largest absolute Gasteiger partial charge is 0.496 e. The Morgan fingerprint density at radius 1 is 1.44 bits per heavy atom. The van der Waals surface area contributed by atoms with Crippen LogP contribution in [-0.4, -0.2) is 13.2 Å². The monoisotopic (exact) mass is 217 g/mol. The van der Waals surface area contributed by atoms with Crippen molar-refractivity contribution < 1.29 is 4.74 Å². The number of ether oxygens (including phenoxy) is 1. The molecule has 0 saturated heterocycles. The molecule has 0 heterocycles. The third-order valence-corrected chi connectivity index (χ3v) is 2.67. The summed E-state index contributed by atoms with van der Waals surface area (Å²) < 4.78 is 5.32. The molecular formula is C14H19NO. The van der Waals surface area contributed by atoms with Crippen LogP contribution in [0, 0.1) is 12.3 Å². The molecule has 1 rings (SSSR count). The van der Waals surface area contributed by atoms with Gasteiger partial charge >= 0.3 is 0 Å². The molecule has 2 unspecified atom stereocenters. The van der Waals surface area contributed by atoms with Crippen molar-refractivity contribution in [3.8, 4) is 18.1 Å². The molecule has 0 aliphatic heterocycles. The van der Waals surface area contributed by atoms with Crippen LogP contribution in [0.4, 0.5) is 0 Å². The Morgan fingerprint density at radius 2 is 2.12 bits per heavy atom. The second-order valence-corrected chi connectivity index (χ2v) is 3.76. The van der Waals surface area contributed by atoms with Gasteiger partial charge < -0.3 is 4.74 Å². The lowest BCUT2D eigenvalue weighted by molar-refractivity contribution is 0.398. The number of hydrogen-bond acceptors (Lipinski definition) is 2. The SMILES string of the molecule is C#CC(CC)NC(C)c1ccccc1OC. The van der Waals surface area contributed by atoms with Gasteiger partial charge in [0.05, 0.1) is 13.2 Å². The number of rotatable bonds is 5. The predicted octanol–water partition coefficient (Wildman–Crippen LogP) is 2.76. The predicted molar refractivity (Wildman–Crippen MR) is 67.5 cm³/mol. The van der Waals surface area contributed by atoms with Crippen molar-refractivity contribution >= 4 is 0 Å². The molecule has 0 bridgehead atoms. The molecule has 0 aliphatic rings. The highest BCUT2D eigenvalue weighted by atomic mass is 16.5. The molecular weight excluding hydrogens is 198 g/mol. The lowest BCUT2D eigenvalue weighted by Gasteiger charge is -2.20. The maximum Gasteiger partial charge on any atom is 0.123 e. The second-order valence-electron chi connectivity index (χ2n) is 3.76. The number of nitrogens with one attached hydrogen (secondary N) is 1. The number of hydrogen-bond donors (Lipinski definition) is 1. The smallest absolute Gasteiger partial charge is 0.123 e. The highest BCUT2D eigenvalue weighted by Gasteiger charge is 2.13. The van der Waals surface area contributed by atoms with E-state index in [9.17, 15) is 0 Å². The van der Waals surface area contributed by atoms with E-state index in [-0.39, 0.29) is 12.1 Å². The first kappa shape index (κ1) is 12.6. The van der Waals surface area contributed by atoms with E-state index in [4.69, 9.17) is 11.2 Å². The molecule has 0 saturated carbocycles. The van der Waals surface area contributed by atoms with E-state index in [0.29, 0.717) is 0 Å². The summed E-state index contributed by atoms with van der Waals surface area (Å²) >= 11 is 0. The van der Waals surface area contributed by atoms with E-state index in [1.807, 2.05) is 18.2 Å². The van der Waals surface area contributed by atoms with Crippen LogP contribution < -0.4 is 10.1 Å². The summed E-state index contributed by atoms with van der Waals surface area (Å²) in [5.41, 5.74) is 1.14. The molecule has 0 radical (unpaired) electrons. The second kappa shape index (κ2) is 6.19. The Labute approximate surface area is 98.0 Å². The molecule has 2 heteroatoms. The summed E-state index contributed by atoms with van der Waals surface area (Å²) in [5.74, 6) is 3.64. The van der Waals surface area contributed by atoms with Crippen molar-refractivity contribution in [2.24, 2.45) is 0 Å². The van der Waals surface area contributed by atoms with E-state index in [1.54, 1.807) is 7.11 Å². The van der Waals surface area contributed by atoms with Gasteiger partial charge in [-0.3, -0.25) is 5.32 Å². The lowest BCUT2D eigenvalue weighted by Crippen LogP contribution is -2.29. The standard InChI is InChI=1S/C14H19NO/c1-5-12(6-2)15-11(3)13-9-7-8-10-14(13)16-4/h1,7-12,15H,6H2,2-4H3. The topological polar surface area (TPSA) is 21.3 Å². The van der Waals surface area contributed by atoms with Crippen LogP contribution in [0.15, 0.2) is 24.3 Å². The van der Waals surface area contributed by atoms with Gasteiger partial charge in [-0.2, -0.15) is 0 Å². The molecule has 86 valence electrons. The van der Waals surface area contributed by atoms with Gasteiger partial charge in [-0.1, -0.05) is 31.0 Å². The molecule has 0 spiro atoms. The fourth-order valence-corrected chi connectivity index (χ4v) is 1.70. The number of terminal acetylenes is 1. The van der Waals surface area contributed by atoms with Crippen LogP contribution in [0.1, 0.15) is 31.9 Å². The minimum absolute atomic E-state index is 0.111. The van der Waals surface area contributed by atoms with Gasteiger partial charge in [-0.05, 0) is 19.4 Å². The minimum Gasteiger partial charge on any atom is -0.496 e. The van der Waals surface area contributed by atoms with Gasteiger partial charge in [-0.15, -0.1) is 6.42 Å². The first-order valence-electron chi connectivity index (χ1n) is 5.58. The third-order valence-electron chi connectivity index (χ3n) is 2.67. The van der Waals surface area contributed by atoms with Crippen LogP contribution in [-0.2, 0) is 0 Å². The summed E-state index contributed by atoms with van der Waals surface area (Å²) in [4.78, 5) is 0. The highest BCUT2D eigenvalue weighted by Crippen LogP contribution is 2.24. The van der Waals surface area contributed by atoms with E-state index in [1.165, 1.54) is 0 Å². The molecule has 2 atom stereocenters. The molecule has 2 nitrogen and oxygen atoms in total. The van der Waals surface area contributed by atoms with Crippen molar-refractivity contribution in [2.75, 3.05) is 7.11 Å². The lowest BCUT2D eigenvalue weighted by atomic mass is 10.1. The number of methoxy groups -OCH3 is 1. The normalized spacial score (nSPS) is 13.9. The van der Waals surface area contributed by atoms with Gasteiger partial charge in [0, 0.05) is 11.6 Å². The Hall–Kier alpha value is -1.46. The van der Waals surface area contributed by atoms with Crippen molar-refractivity contribution in [1.29, 1.82) is 0 Å². The maximum atomic E-state index is 5.44. The van der Waals surface area contributed by atoms with Gasteiger partial charge in [0.15, 0.2) is 0 Å². The summed E-state index contributed by atoms with van der Waals surface area (Å²) in [6.07, 6.45) is 6.36. The van der Waals surface area contributed by atoms with E-state index >= 15 is 0 Å². The zero-order valence-electron chi connectivity index (χ0n) is 10.2. The van der Waals surface area contributed by atoms with Gasteiger partial charge in [0.2, 0.25) is 0 Å². The van der Waals surface area contributed by atoms with Gasteiger partial charge in [0.1, 0.15) is 5.75 Å². The molecule has 0 aromatic heterocycles. The van der Waals surface area contributed by atoms with Crippen molar-refractivity contribution in [3.63, 3.8) is 0 Å². The third kappa shape index (κ3) is 3.01. The van der Waals surface area contributed by atoms with Crippen LogP contribution in [0.5, 0.6) is 5.75 Å². The molecule has 0 fully saturated rings. The Kier molecular flexibility index (Phi) is 4.88. The summed E-state index contributed by atoms with van der Waals surface area (Å²) in [6.45, 7) is 4.17. The van der Waals surface area contributed by atoms with E-state index in [0.717, 1.165) is 17.7 Å². The summed E-state index contributed by atoms with van der Waals surface area (Å²) in [5, 5.41) is 3.39. The molecule has 1 aromatic carbocycles. The first-order valence-corrected chi connectivity index (χ1v) is 5.58. The number of para-hydroxylation sites is 1. The maximum absolute atomic E-state index is 5.44. The first-order chi connectivity index (χ1) is 7.72. The van der Waals surface area contributed by atoms with Crippen LogP contribution >= 0.6 is 0 Å². The Bertz CT molecular complexity index is 367. The zero-order chi connectivity index (χ0) is 12.0. The zero-order valence-corrected chi connectivity index (χ0v) is 10.2. The average Bonchev–Trinajstić information content (AvgIpc) is 2.35. The summed E-state index contributed by atoms with van der Waals surface area (Å²) in [7, 11) is 1.68. The molecule has 0 amide bonds. The van der Waals surface area contributed by atoms with Crippen molar-refractivity contribution in [2.45, 2.75) is 32.4 Å². The Morgan fingerprint density at radius 3 is 2.69 bits per heavy atom. The van der Waals surface area contributed by atoms with Crippen LogP contribution in [0.25, 0.3) is 0 Å². The quantitative estimate of drug-likeness (QED) is 0.766. The van der Waals surface area contributed by atoms with E-state index < -0.39 is 0 Å². The molecule has 0 aliphatic carbocycles. The Balaban J connectivity index is 2.80. The molecule has 1 aromatic rings. The molecule has 16 heavy (non-hydrogen) atoms. The summed E-state index contributed by atoms with van der Waals surface area (Å²) in [6, 6.07) is 8.29. The fraction of sp³-hybridized carbons (Fsp3) is 0.429. The highest BCUT2D eigenvalue weighted by molar-refractivity contribution is 5.35. The average molecular weight is 217 g/mol. The fourth-order valence-electron chi connectivity index (χ4n) is 1.70. The van der Waals surface area contributed by atoms with Crippen molar-refractivity contribution in [3.05, 3.63) is 29.8 Å². The van der Waals surface area contributed by atoms with Gasteiger partial charge in [0.25, 0.3) is 0 Å². The minimum atomic E-state index is 0.111. The van der Waals surface area contributed by atoms with Gasteiger partial charge in [-0.25, -0.2) is 0 Å². The van der Waals surface area contributed by atoms with Crippen LogP contribution in [0.3, 0.4) is 0 Å². The van der Waals surface area contributed by atoms with E-state index in [2.05, 4.69) is 31.2 Å². The van der Waals surface area contributed by atoms with Crippen molar-refractivity contribution in [1.82, 2.24) is 5.32 Å². The molecule has 1 N–H and O–H groups in total.